The molecule has 0 saturated carbocycles. The van der Waals surface area contributed by atoms with Crippen molar-refractivity contribution in [3.05, 3.63) is 29.6 Å². The molecule has 90 valence electrons. The van der Waals surface area contributed by atoms with Gasteiger partial charge in [-0.05, 0) is 56.6 Å². The normalized spacial score (nSPS) is 10.4. The molecule has 0 aliphatic heterocycles. The summed E-state index contributed by atoms with van der Waals surface area (Å²) in [7, 11) is 0. The third kappa shape index (κ3) is 4.62. The van der Waals surface area contributed by atoms with Gasteiger partial charge in [-0.3, -0.25) is 0 Å². The van der Waals surface area contributed by atoms with Crippen LogP contribution in [0, 0.1) is 12.7 Å². The van der Waals surface area contributed by atoms with E-state index in [2.05, 4.69) is 12.2 Å². The molecule has 0 amide bonds. The molecule has 0 unspecified atom stereocenters. The second-order valence-electron chi connectivity index (χ2n) is 3.86. The van der Waals surface area contributed by atoms with Crippen molar-refractivity contribution in [1.82, 2.24) is 5.32 Å². The minimum atomic E-state index is -0.183. The second kappa shape index (κ2) is 7.23. The summed E-state index contributed by atoms with van der Waals surface area (Å²) < 4.78 is 18.5. The van der Waals surface area contributed by atoms with Crippen LogP contribution in [0.15, 0.2) is 18.2 Å². The number of halogens is 1. The van der Waals surface area contributed by atoms with Crippen LogP contribution in [0.4, 0.5) is 4.39 Å². The maximum absolute atomic E-state index is 13.0. The van der Waals surface area contributed by atoms with Crippen LogP contribution in [0.3, 0.4) is 0 Å². The van der Waals surface area contributed by atoms with Gasteiger partial charge in [0.1, 0.15) is 11.6 Å². The monoisotopic (exact) mass is 225 g/mol. The number of hydrogen-bond acceptors (Lipinski definition) is 2. The van der Waals surface area contributed by atoms with E-state index in [0.29, 0.717) is 12.2 Å². The van der Waals surface area contributed by atoms with E-state index in [4.69, 9.17) is 4.74 Å². The van der Waals surface area contributed by atoms with Crippen molar-refractivity contribution in [3.8, 4) is 5.75 Å². The Balaban J connectivity index is 2.19. The first kappa shape index (κ1) is 13.0. The summed E-state index contributed by atoms with van der Waals surface area (Å²) in [6, 6.07) is 4.84. The number of aryl methyl sites for hydroxylation is 1. The van der Waals surface area contributed by atoms with Crippen LogP contribution in [0.25, 0.3) is 0 Å². The van der Waals surface area contributed by atoms with Gasteiger partial charge in [0.25, 0.3) is 0 Å². The van der Waals surface area contributed by atoms with Crippen molar-refractivity contribution in [2.45, 2.75) is 26.7 Å². The summed E-state index contributed by atoms with van der Waals surface area (Å²) >= 11 is 0. The van der Waals surface area contributed by atoms with Crippen molar-refractivity contribution in [2.24, 2.45) is 0 Å². The Bertz CT molecular complexity index is 315. The van der Waals surface area contributed by atoms with E-state index in [1.807, 2.05) is 0 Å². The minimum Gasteiger partial charge on any atom is -0.494 e. The van der Waals surface area contributed by atoms with Gasteiger partial charge in [-0.2, -0.15) is 0 Å². The number of hydrogen-bond donors (Lipinski definition) is 1. The first-order valence-electron chi connectivity index (χ1n) is 5.83. The molecule has 16 heavy (non-hydrogen) atoms. The Kier molecular flexibility index (Phi) is 5.86. The van der Waals surface area contributed by atoms with Crippen molar-refractivity contribution in [2.75, 3.05) is 19.7 Å². The van der Waals surface area contributed by atoms with Crippen LogP contribution in [0.5, 0.6) is 5.75 Å². The highest BCUT2D eigenvalue weighted by molar-refractivity contribution is 5.28. The van der Waals surface area contributed by atoms with E-state index in [1.54, 1.807) is 19.1 Å². The Morgan fingerprint density at radius 1 is 1.31 bits per heavy atom. The lowest BCUT2D eigenvalue weighted by Crippen LogP contribution is -2.18. The first-order chi connectivity index (χ1) is 7.74. The Hall–Kier alpha value is -1.09. The van der Waals surface area contributed by atoms with Crippen LogP contribution in [-0.2, 0) is 0 Å². The average molecular weight is 225 g/mol. The third-order valence-corrected chi connectivity index (χ3v) is 2.32. The smallest absolute Gasteiger partial charge is 0.126 e. The predicted molar refractivity (Wildman–Crippen MR) is 64.4 cm³/mol. The second-order valence-corrected chi connectivity index (χ2v) is 3.86. The molecular formula is C13H20FNO. The van der Waals surface area contributed by atoms with Crippen molar-refractivity contribution < 1.29 is 9.13 Å². The molecule has 2 nitrogen and oxygen atoms in total. The zero-order valence-corrected chi connectivity index (χ0v) is 10.1. The lowest BCUT2D eigenvalue weighted by Gasteiger charge is -2.07. The highest BCUT2D eigenvalue weighted by Gasteiger charge is 1.99. The molecule has 0 bridgehead atoms. The van der Waals surface area contributed by atoms with Crippen molar-refractivity contribution >= 4 is 0 Å². The van der Waals surface area contributed by atoms with E-state index in [-0.39, 0.29) is 5.82 Å². The third-order valence-electron chi connectivity index (χ3n) is 2.32. The summed E-state index contributed by atoms with van der Waals surface area (Å²) in [5.74, 6) is 0.561. The predicted octanol–water partition coefficient (Wildman–Crippen LogP) is 2.90. The molecular weight excluding hydrogens is 205 g/mol. The molecule has 0 atom stereocenters. The Labute approximate surface area is 96.8 Å². The summed E-state index contributed by atoms with van der Waals surface area (Å²) in [5.41, 5.74) is 0.626. The van der Waals surface area contributed by atoms with Gasteiger partial charge in [-0.1, -0.05) is 6.92 Å². The zero-order valence-electron chi connectivity index (χ0n) is 10.1. The van der Waals surface area contributed by atoms with Crippen LogP contribution < -0.4 is 10.1 Å². The highest BCUT2D eigenvalue weighted by atomic mass is 19.1. The largest absolute Gasteiger partial charge is 0.494 e. The molecule has 0 saturated heterocycles. The van der Waals surface area contributed by atoms with Gasteiger partial charge in [-0.15, -0.1) is 0 Å². The van der Waals surface area contributed by atoms with Crippen LogP contribution >= 0.6 is 0 Å². The molecule has 0 radical (unpaired) electrons. The van der Waals surface area contributed by atoms with E-state index in [1.165, 1.54) is 6.07 Å². The molecule has 1 aromatic carbocycles. The molecule has 1 rings (SSSR count). The van der Waals surface area contributed by atoms with E-state index < -0.39 is 0 Å². The number of ether oxygens (including phenoxy) is 1. The summed E-state index contributed by atoms with van der Waals surface area (Å²) in [6.07, 6.45) is 2.12. The van der Waals surface area contributed by atoms with E-state index in [9.17, 15) is 4.39 Å². The van der Waals surface area contributed by atoms with Crippen LogP contribution in [0.1, 0.15) is 25.3 Å². The topological polar surface area (TPSA) is 21.3 Å². The van der Waals surface area contributed by atoms with Crippen LogP contribution in [-0.4, -0.2) is 19.7 Å². The maximum atomic E-state index is 13.0. The number of rotatable bonds is 7. The molecule has 0 spiro atoms. The molecule has 0 aliphatic rings. The summed E-state index contributed by atoms with van der Waals surface area (Å²) in [6.45, 7) is 6.57. The van der Waals surface area contributed by atoms with Gasteiger partial charge >= 0.3 is 0 Å². The fourth-order valence-electron chi connectivity index (χ4n) is 1.40. The van der Waals surface area contributed by atoms with Crippen LogP contribution in [0.2, 0.25) is 0 Å². The fourth-order valence-corrected chi connectivity index (χ4v) is 1.40. The number of nitrogens with one attached hydrogen (secondary N) is 1. The first-order valence-corrected chi connectivity index (χ1v) is 5.83. The van der Waals surface area contributed by atoms with Gasteiger partial charge in [0.05, 0.1) is 6.61 Å². The Morgan fingerprint density at radius 3 is 2.81 bits per heavy atom. The standard InChI is InChI=1S/C13H20FNO/c1-3-7-15-8-4-9-16-12-5-6-13(14)11(2)10-12/h5-6,10,15H,3-4,7-9H2,1-2H3. The van der Waals surface area contributed by atoms with Gasteiger partial charge in [0.2, 0.25) is 0 Å². The highest BCUT2D eigenvalue weighted by Crippen LogP contribution is 2.15. The SMILES string of the molecule is CCCNCCCOc1ccc(F)c(C)c1. The quantitative estimate of drug-likeness (QED) is 0.720. The molecule has 0 fully saturated rings. The fraction of sp³-hybridized carbons (Fsp3) is 0.538. The molecule has 1 N–H and O–H groups in total. The molecule has 0 aromatic heterocycles. The lowest BCUT2D eigenvalue weighted by molar-refractivity contribution is 0.307. The lowest BCUT2D eigenvalue weighted by atomic mass is 10.2. The van der Waals surface area contributed by atoms with Gasteiger partial charge in [-0.25, -0.2) is 4.39 Å². The van der Waals surface area contributed by atoms with Crippen molar-refractivity contribution in [1.29, 1.82) is 0 Å². The minimum absolute atomic E-state index is 0.183. The molecule has 1 aromatic rings. The Morgan fingerprint density at radius 2 is 2.12 bits per heavy atom. The molecule has 0 heterocycles. The zero-order chi connectivity index (χ0) is 11.8. The average Bonchev–Trinajstić information content (AvgIpc) is 2.28. The van der Waals surface area contributed by atoms with Gasteiger partial charge < -0.3 is 10.1 Å². The molecule has 0 aliphatic carbocycles. The van der Waals surface area contributed by atoms with Crippen molar-refractivity contribution in [3.63, 3.8) is 0 Å². The number of benzene rings is 1. The summed E-state index contributed by atoms with van der Waals surface area (Å²) in [4.78, 5) is 0. The molecule has 3 heteroatoms. The van der Waals surface area contributed by atoms with Gasteiger partial charge in [0, 0.05) is 0 Å². The van der Waals surface area contributed by atoms with E-state index >= 15 is 0 Å². The van der Waals surface area contributed by atoms with Gasteiger partial charge in [0.15, 0.2) is 0 Å². The summed E-state index contributed by atoms with van der Waals surface area (Å²) in [5, 5.41) is 3.30. The van der Waals surface area contributed by atoms with E-state index in [0.717, 1.165) is 31.7 Å². The maximum Gasteiger partial charge on any atom is 0.126 e.